The number of anilines is 1. The molecular formula is C15H11BrN2O2. The fourth-order valence-electron chi connectivity index (χ4n) is 1.74. The van der Waals surface area contributed by atoms with Gasteiger partial charge in [-0.25, -0.2) is 0 Å². The van der Waals surface area contributed by atoms with E-state index in [1.807, 2.05) is 13.0 Å². The average Bonchev–Trinajstić information content (AvgIpc) is 2.38. The first-order chi connectivity index (χ1) is 9.51. The highest BCUT2D eigenvalue weighted by atomic mass is 79.9. The molecular weight excluding hydrogens is 320 g/mol. The third kappa shape index (κ3) is 2.98. The van der Waals surface area contributed by atoms with E-state index in [1.165, 1.54) is 6.07 Å². The molecule has 0 heterocycles. The molecule has 0 atom stereocenters. The molecule has 5 heteroatoms. The molecule has 2 aromatic carbocycles. The minimum atomic E-state index is -0.461. The van der Waals surface area contributed by atoms with Gasteiger partial charge in [-0.1, -0.05) is 22.0 Å². The van der Waals surface area contributed by atoms with Crippen molar-refractivity contribution in [3.8, 4) is 11.8 Å². The van der Waals surface area contributed by atoms with E-state index in [1.54, 1.807) is 30.3 Å². The van der Waals surface area contributed by atoms with Gasteiger partial charge in [0, 0.05) is 4.47 Å². The molecule has 0 bridgehead atoms. The SMILES string of the molecule is Cc1ccc(C(=O)Nc2cc(Br)ccc2C#N)c(O)c1. The minimum absolute atomic E-state index is 0.0870. The maximum atomic E-state index is 12.1. The number of benzene rings is 2. The summed E-state index contributed by atoms with van der Waals surface area (Å²) in [7, 11) is 0. The molecule has 2 aromatic rings. The Morgan fingerprint density at radius 1 is 1.30 bits per heavy atom. The summed E-state index contributed by atoms with van der Waals surface area (Å²) in [4.78, 5) is 12.1. The van der Waals surface area contributed by atoms with Crippen molar-refractivity contribution < 1.29 is 9.90 Å². The van der Waals surface area contributed by atoms with Gasteiger partial charge in [0.15, 0.2) is 0 Å². The van der Waals surface area contributed by atoms with E-state index in [-0.39, 0.29) is 11.3 Å². The van der Waals surface area contributed by atoms with Gasteiger partial charge >= 0.3 is 0 Å². The zero-order chi connectivity index (χ0) is 14.7. The molecule has 2 N–H and O–H groups in total. The minimum Gasteiger partial charge on any atom is -0.507 e. The van der Waals surface area contributed by atoms with Gasteiger partial charge in [0.05, 0.1) is 16.8 Å². The number of nitriles is 1. The maximum Gasteiger partial charge on any atom is 0.259 e. The van der Waals surface area contributed by atoms with E-state index in [0.717, 1.165) is 10.0 Å². The highest BCUT2D eigenvalue weighted by molar-refractivity contribution is 9.10. The van der Waals surface area contributed by atoms with Crippen LogP contribution in [0.25, 0.3) is 0 Å². The van der Waals surface area contributed by atoms with Crippen LogP contribution in [0.5, 0.6) is 5.75 Å². The number of halogens is 1. The van der Waals surface area contributed by atoms with Crippen LogP contribution < -0.4 is 5.32 Å². The van der Waals surface area contributed by atoms with Crippen LogP contribution in [0.15, 0.2) is 40.9 Å². The summed E-state index contributed by atoms with van der Waals surface area (Å²) in [5.41, 5.74) is 1.78. The lowest BCUT2D eigenvalue weighted by Crippen LogP contribution is -2.13. The molecule has 4 nitrogen and oxygen atoms in total. The molecule has 2 rings (SSSR count). The van der Waals surface area contributed by atoms with Crippen LogP contribution >= 0.6 is 15.9 Å². The Bertz CT molecular complexity index is 720. The van der Waals surface area contributed by atoms with Crippen molar-refractivity contribution in [2.24, 2.45) is 0 Å². The summed E-state index contributed by atoms with van der Waals surface area (Å²) in [5, 5.41) is 21.4. The molecule has 20 heavy (non-hydrogen) atoms. The van der Waals surface area contributed by atoms with Gasteiger partial charge in [-0.3, -0.25) is 4.79 Å². The number of carbonyl (C=O) groups excluding carboxylic acids is 1. The third-order valence-corrected chi connectivity index (χ3v) is 3.24. The number of amides is 1. The number of nitrogens with one attached hydrogen (secondary N) is 1. The summed E-state index contributed by atoms with van der Waals surface area (Å²) >= 11 is 3.29. The van der Waals surface area contributed by atoms with E-state index in [0.29, 0.717) is 11.3 Å². The topological polar surface area (TPSA) is 73.1 Å². The number of rotatable bonds is 2. The van der Waals surface area contributed by atoms with Crippen LogP contribution in [0.1, 0.15) is 21.5 Å². The lowest BCUT2D eigenvalue weighted by Gasteiger charge is -2.09. The smallest absolute Gasteiger partial charge is 0.259 e. The molecule has 0 saturated heterocycles. The molecule has 0 saturated carbocycles. The predicted octanol–water partition coefficient (Wildman–Crippen LogP) is 3.59. The highest BCUT2D eigenvalue weighted by Gasteiger charge is 2.13. The fraction of sp³-hybridized carbons (Fsp3) is 0.0667. The molecule has 0 radical (unpaired) electrons. The number of nitrogens with zero attached hydrogens (tertiary/aromatic N) is 1. The van der Waals surface area contributed by atoms with Gasteiger partial charge in [0.1, 0.15) is 11.8 Å². The van der Waals surface area contributed by atoms with Crippen LogP contribution in [0.2, 0.25) is 0 Å². The van der Waals surface area contributed by atoms with Gasteiger partial charge in [-0.15, -0.1) is 0 Å². The summed E-state index contributed by atoms with van der Waals surface area (Å²) in [5.74, 6) is -0.548. The van der Waals surface area contributed by atoms with Crippen molar-refractivity contribution in [3.63, 3.8) is 0 Å². The number of aromatic hydroxyl groups is 1. The largest absolute Gasteiger partial charge is 0.507 e. The number of phenols is 1. The summed E-state index contributed by atoms with van der Waals surface area (Å²) < 4.78 is 0.750. The number of phenolic OH excluding ortho intramolecular Hbond substituents is 1. The number of carbonyl (C=O) groups is 1. The van der Waals surface area contributed by atoms with E-state index < -0.39 is 5.91 Å². The van der Waals surface area contributed by atoms with E-state index in [2.05, 4.69) is 21.2 Å². The molecule has 100 valence electrons. The van der Waals surface area contributed by atoms with Gasteiger partial charge in [-0.2, -0.15) is 5.26 Å². The first kappa shape index (κ1) is 14.1. The fourth-order valence-corrected chi connectivity index (χ4v) is 2.10. The van der Waals surface area contributed by atoms with Crippen LogP contribution in [0.3, 0.4) is 0 Å². The second-order valence-corrected chi connectivity index (χ2v) is 5.19. The predicted molar refractivity (Wildman–Crippen MR) is 79.7 cm³/mol. The van der Waals surface area contributed by atoms with E-state index in [9.17, 15) is 9.90 Å². The molecule has 0 spiro atoms. The van der Waals surface area contributed by atoms with Crippen LogP contribution in [-0.2, 0) is 0 Å². The van der Waals surface area contributed by atoms with Crippen molar-refractivity contribution in [3.05, 3.63) is 57.6 Å². The van der Waals surface area contributed by atoms with Crippen LogP contribution in [0.4, 0.5) is 5.69 Å². The van der Waals surface area contributed by atoms with Crippen molar-refractivity contribution >= 4 is 27.5 Å². The van der Waals surface area contributed by atoms with E-state index >= 15 is 0 Å². The van der Waals surface area contributed by atoms with Crippen molar-refractivity contribution in [2.75, 3.05) is 5.32 Å². The standard InChI is InChI=1S/C15H11BrN2O2/c1-9-2-5-12(14(19)6-9)15(20)18-13-7-11(16)4-3-10(13)8-17/h2-7,19H,1H3,(H,18,20). The van der Waals surface area contributed by atoms with Crippen LogP contribution in [-0.4, -0.2) is 11.0 Å². The van der Waals surface area contributed by atoms with Crippen molar-refractivity contribution in [2.45, 2.75) is 6.92 Å². The van der Waals surface area contributed by atoms with Gasteiger partial charge < -0.3 is 10.4 Å². The van der Waals surface area contributed by atoms with E-state index in [4.69, 9.17) is 5.26 Å². The van der Waals surface area contributed by atoms with Crippen molar-refractivity contribution in [1.82, 2.24) is 0 Å². The average molecular weight is 331 g/mol. The molecule has 0 unspecified atom stereocenters. The summed E-state index contributed by atoms with van der Waals surface area (Å²) in [6.07, 6.45) is 0. The Morgan fingerprint density at radius 2 is 2.05 bits per heavy atom. The Hall–Kier alpha value is -2.32. The summed E-state index contributed by atoms with van der Waals surface area (Å²) in [6, 6.07) is 11.8. The normalized spacial score (nSPS) is 9.85. The Morgan fingerprint density at radius 3 is 2.70 bits per heavy atom. The van der Waals surface area contributed by atoms with Gasteiger partial charge in [0.25, 0.3) is 5.91 Å². The molecule has 0 aliphatic rings. The Labute approximate surface area is 124 Å². The van der Waals surface area contributed by atoms with Gasteiger partial charge in [0.2, 0.25) is 0 Å². The number of hydrogen-bond donors (Lipinski definition) is 2. The monoisotopic (exact) mass is 330 g/mol. The van der Waals surface area contributed by atoms with Gasteiger partial charge in [-0.05, 0) is 42.8 Å². The second kappa shape index (κ2) is 5.76. The first-order valence-electron chi connectivity index (χ1n) is 5.82. The van der Waals surface area contributed by atoms with Crippen LogP contribution in [0, 0.1) is 18.3 Å². The van der Waals surface area contributed by atoms with Crippen molar-refractivity contribution in [1.29, 1.82) is 5.26 Å². The summed E-state index contributed by atoms with van der Waals surface area (Å²) in [6.45, 7) is 1.82. The molecule has 0 aliphatic heterocycles. The Balaban J connectivity index is 2.33. The molecule has 1 amide bonds. The molecule has 0 fully saturated rings. The zero-order valence-electron chi connectivity index (χ0n) is 10.6. The lowest BCUT2D eigenvalue weighted by atomic mass is 10.1. The zero-order valence-corrected chi connectivity index (χ0v) is 12.2. The first-order valence-corrected chi connectivity index (χ1v) is 6.61. The number of aryl methyl sites for hydroxylation is 1. The molecule has 0 aromatic heterocycles. The third-order valence-electron chi connectivity index (χ3n) is 2.75. The molecule has 0 aliphatic carbocycles. The lowest BCUT2D eigenvalue weighted by molar-refractivity contribution is 0.102. The number of hydrogen-bond acceptors (Lipinski definition) is 3. The maximum absolute atomic E-state index is 12.1. The highest BCUT2D eigenvalue weighted by Crippen LogP contribution is 2.24. The second-order valence-electron chi connectivity index (χ2n) is 4.28. The quantitative estimate of drug-likeness (QED) is 0.883. The Kier molecular flexibility index (Phi) is 4.06.